The van der Waals surface area contributed by atoms with Crippen LogP contribution < -0.4 is 0 Å². The molecule has 0 amide bonds. The standard InChI is InChI=1S/C23H26N4/c1-2-13-27(15-12-19-8-10-22-23(17-19)25-26-24-22)14-11-18-7-9-20-5-3-4-6-21(20)16-18/h3-10,16-17H,2,11-15H2,1H3,(H,24,25,26). The Kier molecular flexibility index (Phi) is 5.45. The summed E-state index contributed by atoms with van der Waals surface area (Å²) < 4.78 is 0. The quantitative estimate of drug-likeness (QED) is 0.500. The molecule has 0 bridgehead atoms. The van der Waals surface area contributed by atoms with Crippen LogP contribution in [0, 0.1) is 0 Å². The lowest BCUT2D eigenvalue weighted by Gasteiger charge is -2.22. The zero-order valence-electron chi connectivity index (χ0n) is 15.9. The Bertz CT molecular complexity index is 1020. The van der Waals surface area contributed by atoms with Crippen molar-refractivity contribution in [2.75, 3.05) is 19.6 Å². The van der Waals surface area contributed by atoms with Gasteiger partial charge in [-0.2, -0.15) is 15.4 Å². The van der Waals surface area contributed by atoms with Gasteiger partial charge in [-0.25, -0.2) is 0 Å². The molecule has 0 fully saturated rings. The van der Waals surface area contributed by atoms with Crippen molar-refractivity contribution in [1.82, 2.24) is 20.3 Å². The van der Waals surface area contributed by atoms with Gasteiger partial charge in [-0.15, -0.1) is 0 Å². The van der Waals surface area contributed by atoms with Crippen LogP contribution in [0.1, 0.15) is 24.5 Å². The molecule has 0 aliphatic heterocycles. The Morgan fingerprint density at radius 1 is 0.741 bits per heavy atom. The van der Waals surface area contributed by atoms with Crippen molar-refractivity contribution in [3.63, 3.8) is 0 Å². The van der Waals surface area contributed by atoms with Crippen LogP contribution in [0.3, 0.4) is 0 Å². The number of hydrogen-bond donors (Lipinski definition) is 1. The molecule has 4 rings (SSSR count). The fraction of sp³-hybridized carbons (Fsp3) is 0.304. The Morgan fingerprint density at radius 2 is 1.44 bits per heavy atom. The topological polar surface area (TPSA) is 44.8 Å². The van der Waals surface area contributed by atoms with Crippen LogP contribution in [0.25, 0.3) is 21.8 Å². The van der Waals surface area contributed by atoms with Gasteiger partial charge in [-0.3, -0.25) is 0 Å². The highest BCUT2D eigenvalue weighted by atomic mass is 15.3. The van der Waals surface area contributed by atoms with Crippen LogP contribution in [0.5, 0.6) is 0 Å². The van der Waals surface area contributed by atoms with Gasteiger partial charge in [-0.1, -0.05) is 55.5 Å². The molecular weight excluding hydrogens is 332 g/mol. The smallest absolute Gasteiger partial charge is 0.113 e. The summed E-state index contributed by atoms with van der Waals surface area (Å²) in [6.07, 6.45) is 3.31. The summed E-state index contributed by atoms with van der Waals surface area (Å²) in [6, 6.07) is 21.8. The highest BCUT2D eigenvalue weighted by Crippen LogP contribution is 2.16. The molecule has 1 aromatic heterocycles. The molecule has 138 valence electrons. The first-order valence-electron chi connectivity index (χ1n) is 9.81. The molecule has 4 heteroatoms. The average Bonchev–Trinajstić information content (AvgIpc) is 3.18. The van der Waals surface area contributed by atoms with Crippen molar-refractivity contribution in [3.05, 3.63) is 71.8 Å². The minimum absolute atomic E-state index is 0.931. The van der Waals surface area contributed by atoms with Gasteiger partial charge in [-0.05, 0) is 59.8 Å². The first kappa shape index (κ1) is 17.7. The second-order valence-electron chi connectivity index (χ2n) is 7.17. The van der Waals surface area contributed by atoms with Gasteiger partial charge < -0.3 is 4.90 Å². The third-order valence-electron chi connectivity index (χ3n) is 5.17. The second kappa shape index (κ2) is 8.31. The number of nitrogens with one attached hydrogen (secondary N) is 1. The Morgan fingerprint density at radius 3 is 2.26 bits per heavy atom. The summed E-state index contributed by atoms with van der Waals surface area (Å²) in [5.41, 5.74) is 4.62. The highest BCUT2D eigenvalue weighted by molar-refractivity contribution is 5.83. The molecule has 4 aromatic rings. The summed E-state index contributed by atoms with van der Waals surface area (Å²) in [7, 11) is 0. The van der Waals surface area contributed by atoms with Crippen LogP contribution in [0.4, 0.5) is 0 Å². The molecule has 0 aliphatic rings. The average molecular weight is 358 g/mol. The molecule has 0 spiro atoms. The van der Waals surface area contributed by atoms with E-state index in [0.717, 1.165) is 43.5 Å². The Labute approximate surface area is 160 Å². The molecule has 27 heavy (non-hydrogen) atoms. The molecule has 3 aromatic carbocycles. The van der Waals surface area contributed by atoms with Crippen molar-refractivity contribution >= 4 is 21.8 Å². The minimum Gasteiger partial charge on any atom is -0.303 e. The van der Waals surface area contributed by atoms with Crippen molar-refractivity contribution in [2.24, 2.45) is 0 Å². The molecule has 0 unspecified atom stereocenters. The first-order chi connectivity index (χ1) is 13.3. The lowest BCUT2D eigenvalue weighted by molar-refractivity contribution is 0.281. The maximum absolute atomic E-state index is 4.19. The zero-order chi connectivity index (χ0) is 18.5. The molecular formula is C23H26N4. The van der Waals surface area contributed by atoms with Crippen LogP contribution in [0.2, 0.25) is 0 Å². The monoisotopic (exact) mass is 358 g/mol. The van der Waals surface area contributed by atoms with E-state index in [0.29, 0.717) is 0 Å². The van der Waals surface area contributed by atoms with E-state index in [1.807, 2.05) is 6.07 Å². The van der Waals surface area contributed by atoms with Crippen LogP contribution in [-0.2, 0) is 12.8 Å². The Balaban J connectivity index is 1.37. The molecule has 0 atom stereocenters. The summed E-state index contributed by atoms with van der Waals surface area (Å²) in [5, 5.41) is 13.7. The van der Waals surface area contributed by atoms with Gasteiger partial charge in [0.05, 0.1) is 0 Å². The number of aromatic amines is 1. The molecule has 1 heterocycles. The van der Waals surface area contributed by atoms with Gasteiger partial charge in [0.2, 0.25) is 0 Å². The number of fused-ring (bicyclic) bond motifs is 2. The number of hydrogen-bond acceptors (Lipinski definition) is 3. The van der Waals surface area contributed by atoms with E-state index < -0.39 is 0 Å². The van der Waals surface area contributed by atoms with Gasteiger partial charge in [0.1, 0.15) is 11.0 Å². The Hall–Kier alpha value is -2.72. The number of nitrogens with zero attached hydrogens (tertiary/aromatic N) is 3. The maximum Gasteiger partial charge on any atom is 0.113 e. The van der Waals surface area contributed by atoms with Gasteiger partial charge in [0.15, 0.2) is 0 Å². The molecule has 0 saturated carbocycles. The fourth-order valence-electron chi connectivity index (χ4n) is 3.66. The van der Waals surface area contributed by atoms with Crippen molar-refractivity contribution in [2.45, 2.75) is 26.2 Å². The van der Waals surface area contributed by atoms with E-state index in [-0.39, 0.29) is 0 Å². The lowest BCUT2D eigenvalue weighted by Crippen LogP contribution is -2.29. The van der Waals surface area contributed by atoms with Crippen molar-refractivity contribution < 1.29 is 0 Å². The van der Waals surface area contributed by atoms with E-state index >= 15 is 0 Å². The third kappa shape index (κ3) is 4.34. The van der Waals surface area contributed by atoms with Crippen molar-refractivity contribution in [3.8, 4) is 0 Å². The summed E-state index contributed by atoms with van der Waals surface area (Å²) in [5.74, 6) is 0. The number of H-pyrrole nitrogens is 1. The molecule has 4 nitrogen and oxygen atoms in total. The third-order valence-corrected chi connectivity index (χ3v) is 5.17. The molecule has 0 aliphatic carbocycles. The van der Waals surface area contributed by atoms with Crippen LogP contribution in [0.15, 0.2) is 60.7 Å². The number of rotatable bonds is 8. The SMILES string of the molecule is CCCN(CCc1ccc2ccccc2c1)CCc1ccc2n[nH]nc2c1. The van der Waals surface area contributed by atoms with E-state index in [1.54, 1.807) is 0 Å². The number of aromatic nitrogens is 3. The van der Waals surface area contributed by atoms with Gasteiger partial charge in [0.25, 0.3) is 0 Å². The van der Waals surface area contributed by atoms with Gasteiger partial charge >= 0.3 is 0 Å². The zero-order valence-corrected chi connectivity index (χ0v) is 15.9. The van der Waals surface area contributed by atoms with E-state index in [4.69, 9.17) is 0 Å². The minimum atomic E-state index is 0.931. The second-order valence-corrected chi connectivity index (χ2v) is 7.17. The molecule has 0 saturated heterocycles. The maximum atomic E-state index is 4.19. The molecule has 1 N–H and O–H groups in total. The van der Waals surface area contributed by atoms with Gasteiger partial charge in [0, 0.05) is 13.1 Å². The predicted octanol–water partition coefficient (Wildman–Crippen LogP) is 4.61. The van der Waals surface area contributed by atoms with Crippen LogP contribution >= 0.6 is 0 Å². The first-order valence-corrected chi connectivity index (χ1v) is 9.81. The largest absolute Gasteiger partial charge is 0.303 e. The van der Waals surface area contributed by atoms with Crippen LogP contribution in [-0.4, -0.2) is 39.9 Å². The lowest BCUT2D eigenvalue weighted by atomic mass is 10.0. The normalized spacial score (nSPS) is 11.6. The summed E-state index contributed by atoms with van der Waals surface area (Å²) in [4.78, 5) is 2.57. The number of benzene rings is 3. The van der Waals surface area contributed by atoms with E-state index in [9.17, 15) is 0 Å². The van der Waals surface area contributed by atoms with Crippen molar-refractivity contribution in [1.29, 1.82) is 0 Å². The highest BCUT2D eigenvalue weighted by Gasteiger charge is 2.07. The van der Waals surface area contributed by atoms with E-state index in [2.05, 4.69) is 81.8 Å². The summed E-state index contributed by atoms with van der Waals surface area (Å²) >= 11 is 0. The fourth-order valence-corrected chi connectivity index (χ4v) is 3.66. The molecule has 0 radical (unpaired) electrons. The van der Waals surface area contributed by atoms with E-state index in [1.165, 1.54) is 28.3 Å². The predicted molar refractivity (Wildman–Crippen MR) is 112 cm³/mol. The summed E-state index contributed by atoms with van der Waals surface area (Å²) in [6.45, 7) is 5.56.